The van der Waals surface area contributed by atoms with Crippen molar-refractivity contribution in [2.75, 3.05) is 43.0 Å². The van der Waals surface area contributed by atoms with Gasteiger partial charge in [-0.25, -0.2) is 4.79 Å². The van der Waals surface area contributed by atoms with Crippen LogP contribution in [0.4, 0.5) is 16.2 Å². The van der Waals surface area contributed by atoms with Gasteiger partial charge in [-0.2, -0.15) is 0 Å². The van der Waals surface area contributed by atoms with E-state index in [0.717, 1.165) is 49.6 Å². The molecule has 0 spiro atoms. The van der Waals surface area contributed by atoms with Crippen molar-refractivity contribution in [1.29, 1.82) is 0 Å². The van der Waals surface area contributed by atoms with Crippen LogP contribution in [0.5, 0.6) is 5.75 Å². The fourth-order valence-electron chi connectivity index (χ4n) is 4.06. The van der Waals surface area contributed by atoms with Crippen molar-refractivity contribution in [2.24, 2.45) is 0 Å². The lowest BCUT2D eigenvalue weighted by molar-refractivity contribution is -0.116. The Morgan fingerprint density at radius 2 is 1.77 bits per heavy atom. The molecule has 2 aliphatic heterocycles. The molecule has 0 bridgehead atoms. The molecular weight excluding hydrogens is 394 g/mol. The third kappa shape index (κ3) is 5.17. The van der Waals surface area contributed by atoms with Gasteiger partial charge in [-0.15, -0.1) is 0 Å². The van der Waals surface area contributed by atoms with E-state index in [1.807, 2.05) is 54.6 Å². The van der Waals surface area contributed by atoms with Crippen LogP contribution in [0, 0.1) is 0 Å². The van der Waals surface area contributed by atoms with E-state index in [4.69, 9.17) is 9.47 Å². The largest absolute Gasteiger partial charge is 0.490 e. The predicted molar refractivity (Wildman–Crippen MR) is 120 cm³/mol. The molecular formula is C24H29N3O4. The van der Waals surface area contributed by atoms with Gasteiger partial charge in [-0.05, 0) is 49.2 Å². The van der Waals surface area contributed by atoms with Crippen LogP contribution >= 0.6 is 0 Å². The van der Waals surface area contributed by atoms with Gasteiger partial charge in [-0.1, -0.05) is 18.2 Å². The normalized spacial score (nSPS) is 19.9. The highest BCUT2D eigenvalue weighted by Gasteiger charge is 2.34. The Bertz CT molecular complexity index is 895. The van der Waals surface area contributed by atoms with Crippen LogP contribution in [-0.4, -0.2) is 62.3 Å². The molecule has 1 unspecified atom stereocenters. The van der Waals surface area contributed by atoms with Gasteiger partial charge in [0.1, 0.15) is 18.0 Å². The van der Waals surface area contributed by atoms with E-state index < -0.39 is 0 Å². The summed E-state index contributed by atoms with van der Waals surface area (Å²) in [5, 5.41) is 0. The lowest BCUT2D eigenvalue weighted by atomic mass is 10.1. The highest BCUT2D eigenvalue weighted by Crippen LogP contribution is 2.25. The molecule has 2 heterocycles. The summed E-state index contributed by atoms with van der Waals surface area (Å²) in [5.41, 5.74) is 1.73. The summed E-state index contributed by atoms with van der Waals surface area (Å²) >= 11 is 0. The number of amides is 2. The molecule has 7 heteroatoms. The third-order valence-electron chi connectivity index (χ3n) is 5.94. The van der Waals surface area contributed by atoms with Gasteiger partial charge in [0.15, 0.2) is 0 Å². The summed E-state index contributed by atoms with van der Waals surface area (Å²) in [7, 11) is 1.76. The van der Waals surface area contributed by atoms with Crippen molar-refractivity contribution >= 4 is 23.4 Å². The number of carbonyl (C=O) groups excluding carboxylic acids is 2. The summed E-state index contributed by atoms with van der Waals surface area (Å²) < 4.78 is 11.7. The quantitative estimate of drug-likeness (QED) is 0.711. The Labute approximate surface area is 183 Å². The van der Waals surface area contributed by atoms with Crippen LogP contribution in [0.25, 0.3) is 0 Å². The lowest BCUT2D eigenvalue weighted by Crippen LogP contribution is -2.42. The van der Waals surface area contributed by atoms with Crippen molar-refractivity contribution in [2.45, 2.75) is 32.0 Å². The van der Waals surface area contributed by atoms with E-state index in [0.29, 0.717) is 6.54 Å². The fraction of sp³-hybridized carbons (Fsp3) is 0.417. The minimum atomic E-state index is -0.270. The first-order valence-corrected chi connectivity index (χ1v) is 10.8. The van der Waals surface area contributed by atoms with E-state index in [1.54, 1.807) is 23.8 Å². The van der Waals surface area contributed by atoms with E-state index >= 15 is 0 Å². The monoisotopic (exact) mass is 423 g/mol. The second kappa shape index (κ2) is 9.39. The predicted octanol–water partition coefficient (Wildman–Crippen LogP) is 3.54. The van der Waals surface area contributed by atoms with Crippen LogP contribution in [-0.2, 0) is 9.53 Å². The molecule has 0 N–H and O–H groups in total. The second-order valence-corrected chi connectivity index (χ2v) is 8.14. The number of anilines is 2. The molecule has 0 aromatic heterocycles. The molecule has 7 nitrogen and oxygen atoms in total. The first-order chi connectivity index (χ1) is 15.0. The standard InChI is InChI=1S/C24H29N3O4/c1-18(28)25(2)19-8-10-21(11-9-19)30-22-12-14-26(15-13-22)16-23-17-27(24(29)31-23)20-6-4-3-5-7-20/h3-11,22-23H,12-17H2,1-2H3. The van der Waals surface area contributed by atoms with Crippen molar-refractivity contribution in [3.8, 4) is 5.75 Å². The van der Waals surface area contributed by atoms with Crippen molar-refractivity contribution in [3.63, 3.8) is 0 Å². The van der Waals surface area contributed by atoms with Gasteiger partial charge in [-0.3, -0.25) is 14.6 Å². The van der Waals surface area contributed by atoms with E-state index in [2.05, 4.69) is 4.90 Å². The first kappa shape index (κ1) is 21.2. The van der Waals surface area contributed by atoms with Crippen LogP contribution in [0.15, 0.2) is 54.6 Å². The summed E-state index contributed by atoms with van der Waals surface area (Å²) in [6.45, 7) is 4.70. The fourth-order valence-corrected chi connectivity index (χ4v) is 4.06. The summed E-state index contributed by atoms with van der Waals surface area (Å²) in [4.78, 5) is 29.4. The van der Waals surface area contributed by atoms with E-state index in [-0.39, 0.29) is 24.2 Å². The number of hydrogen-bond donors (Lipinski definition) is 0. The SMILES string of the molecule is CC(=O)N(C)c1ccc(OC2CCN(CC3CN(c4ccccc4)C(=O)O3)CC2)cc1. The highest BCUT2D eigenvalue weighted by atomic mass is 16.6. The molecule has 0 saturated carbocycles. The molecule has 1 atom stereocenters. The molecule has 2 fully saturated rings. The molecule has 2 aromatic rings. The molecule has 2 aromatic carbocycles. The topological polar surface area (TPSA) is 62.3 Å². The van der Waals surface area contributed by atoms with Crippen LogP contribution in [0.3, 0.4) is 0 Å². The maximum atomic E-state index is 12.2. The summed E-state index contributed by atoms with van der Waals surface area (Å²) in [6, 6.07) is 17.3. The maximum Gasteiger partial charge on any atom is 0.414 e. The number of nitrogens with zero attached hydrogens (tertiary/aromatic N) is 3. The Hall–Kier alpha value is -3.06. The number of carbonyl (C=O) groups is 2. The first-order valence-electron chi connectivity index (χ1n) is 10.8. The molecule has 4 rings (SSSR count). The second-order valence-electron chi connectivity index (χ2n) is 8.14. The minimum absolute atomic E-state index is 0.000807. The zero-order valence-corrected chi connectivity index (χ0v) is 18.1. The molecule has 164 valence electrons. The van der Waals surface area contributed by atoms with Gasteiger partial charge in [0.25, 0.3) is 0 Å². The molecule has 2 saturated heterocycles. The number of para-hydroxylation sites is 1. The smallest absolute Gasteiger partial charge is 0.414 e. The third-order valence-corrected chi connectivity index (χ3v) is 5.94. The molecule has 2 amide bonds. The average Bonchev–Trinajstić information content (AvgIpc) is 3.15. The minimum Gasteiger partial charge on any atom is -0.490 e. The zero-order valence-electron chi connectivity index (χ0n) is 18.1. The van der Waals surface area contributed by atoms with Gasteiger partial charge >= 0.3 is 6.09 Å². The Morgan fingerprint density at radius 1 is 1.10 bits per heavy atom. The van der Waals surface area contributed by atoms with Crippen molar-refractivity contribution in [1.82, 2.24) is 4.90 Å². The van der Waals surface area contributed by atoms with Gasteiger partial charge < -0.3 is 14.4 Å². The Kier molecular flexibility index (Phi) is 6.42. The Morgan fingerprint density at radius 3 is 2.42 bits per heavy atom. The van der Waals surface area contributed by atoms with E-state index in [1.165, 1.54) is 0 Å². The number of piperidine rings is 1. The van der Waals surface area contributed by atoms with E-state index in [9.17, 15) is 9.59 Å². The van der Waals surface area contributed by atoms with Gasteiger partial charge in [0.2, 0.25) is 5.91 Å². The molecule has 0 aliphatic carbocycles. The zero-order chi connectivity index (χ0) is 21.8. The van der Waals surface area contributed by atoms with Crippen molar-refractivity contribution in [3.05, 3.63) is 54.6 Å². The van der Waals surface area contributed by atoms with Gasteiger partial charge in [0, 0.05) is 45.0 Å². The number of cyclic esters (lactones) is 1. The number of benzene rings is 2. The van der Waals surface area contributed by atoms with Crippen LogP contribution < -0.4 is 14.5 Å². The Balaban J connectivity index is 1.23. The van der Waals surface area contributed by atoms with Crippen LogP contribution in [0.1, 0.15) is 19.8 Å². The number of likely N-dealkylation sites (tertiary alicyclic amines) is 1. The van der Waals surface area contributed by atoms with Crippen molar-refractivity contribution < 1.29 is 19.1 Å². The lowest BCUT2D eigenvalue weighted by Gasteiger charge is -2.33. The van der Waals surface area contributed by atoms with Crippen LogP contribution in [0.2, 0.25) is 0 Å². The molecule has 0 radical (unpaired) electrons. The molecule has 2 aliphatic rings. The number of ether oxygens (including phenoxy) is 2. The average molecular weight is 424 g/mol. The summed E-state index contributed by atoms with van der Waals surface area (Å²) in [6.07, 6.45) is 1.64. The number of rotatable bonds is 6. The molecule has 31 heavy (non-hydrogen) atoms. The maximum absolute atomic E-state index is 12.2. The highest BCUT2D eigenvalue weighted by molar-refractivity contribution is 5.91. The number of hydrogen-bond acceptors (Lipinski definition) is 5. The summed E-state index contributed by atoms with van der Waals surface area (Å²) in [5.74, 6) is 0.822. The van der Waals surface area contributed by atoms with Gasteiger partial charge in [0.05, 0.1) is 6.54 Å².